The lowest BCUT2D eigenvalue weighted by molar-refractivity contribution is -0.134. The molecule has 2 atom stereocenters. The number of piperidine rings is 1. The summed E-state index contributed by atoms with van der Waals surface area (Å²) in [6.45, 7) is 1.35. The van der Waals surface area contributed by atoms with E-state index in [1.807, 2.05) is 0 Å². The van der Waals surface area contributed by atoms with E-state index in [2.05, 4.69) is 11.4 Å². The lowest BCUT2D eigenvalue weighted by Crippen LogP contribution is -2.54. The highest BCUT2D eigenvalue weighted by molar-refractivity contribution is 5.91. The minimum Gasteiger partial charge on any atom is -0.314 e. The second-order valence-corrected chi connectivity index (χ2v) is 3.78. The topological polar surface area (TPSA) is 52.9 Å². The van der Waals surface area contributed by atoms with Gasteiger partial charge in [-0.2, -0.15) is 5.26 Å². The molecule has 3 nitrogen and oxygen atoms in total. The van der Waals surface area contributed by atoms with Crippen LogP contribution in [0.3, 0.4) is 0 Å². The van der Waals surface area contributed by atoms with Crippen LogP contribution in [-0.2, 0) is 4.79 Å². The molecule has 0 aromatic rings. The van der Waals surface area contributed by atoms with Crippen molar-refractivity contribution in [1.82, 2.24) is 5.32 Å². The Kier molecular flexibility index (Phi) is 1.66. The molecular weight excluding hydrogens is 152 g/mol. The lowest BCUT2D eigenvalue weighted by Gasteiger charge is -2.39. The van der Waals surface area contributed by atoms with Gasteiger partial charge < -0.3 is 5.32 Å². The lowest BCUT2D eigenvalue weighted by atomic mass is 9.67. The van der Waals surface area contributed by atoms with Crippen molar-refractivity contribution in [3.63, 3.8) is 0 Å². The molecule has 0 amide bonds. The highest BCUT2D eigenvalue weighted by Gasteiger charge is 2.47. The molecule has 1 aliphatic carbocycles. The minimum absolute atomic E-state index is 0.118. The fraction of sp³-hybridized carbons (Fsp3) is 0.778. The summed E-state index contributed by atoms with van der Waals surface area (Å²) in [6, 6.07) is 2.19. The van der Waals surface area contributed by atoms with Crippen molar-refractivity contribution in [2.45, 2.75) is 19.3 Å². The number of fused-ring (bicyclic) bond motifs is 2. The van der Waals surface area contributed by atoms with E-state index in [-0.39, 0.29) is 11.7 Å². The number of nitrogens with zero attached hydrogens (tertiary/aromatic N) is 1. The fourth-order valence-corrected chi connectivity index (χ4v) is 2.28. The normalized spacial score (nSPS) is 40.6. The summed E-state index contributed by atoms with van der Waals surface area (Å²) in [5, 5.41) is 12.1. The Morgan fingerprint density at radius 1 is 1.67 bits per heavy atom. The number of carbonyl (C=O) groups excluding carboxylic acids is 1. The molecule has 1 heterocycles. The molecule has 12 heavy (non-hydrogen) atoms. The monoisotopic (exact) mass is 164 g/mol. The molecule has 64 valence electrons. The average Bonchev–Trinajstić information content (AvgIpc) is 2.05. The van der Waals surface area contributed by atoms with E-state index in [1.165, 1.54) is 0 Å². The summed E-state index contributed by atoms with van der Waals surface area (Å²) in [4.78, 5) is 11.7. The first-order valence-corrected chi connectivity index (χ1v) is 4.45. The molecule has 0 aromatic heterocycles. The van der Waals surface area contributed by atoms with Crippen LogP contribution in [0.25, 0.3) is 0 Å². The maximum absolute atomic E-state index is 11.7. The molecule has 3 heteroatoms. The van der Waals surface area contributed by atoms with Crippen LogP contribution in [-0.4, -0.2) is 18.9 Å². The molecule has 0 spiro atoms. The highest BCUT2D eigenvalue weighted by atomic mass is 16.1. The zero-order valence-electron chi connectivity index (χ0n) is 6.97. The smallest absolute Gasteiger partial charge is 0.158 e. The molecule has 2 rings (SSSR count). The van der Waals surface area contributed by atoms with Crippen molar-refractivity contribution < 1.29 is 4.79 Å². The van der Waals surface area contributed by atoms with Gasteiger partial charge in [0.15, 0.2) is 5.78 Å². The van der Waals surface area contributed by atoms with Gasteiger partial charge in [0, 0.05) is 19.0 Å². The molecule has 1 N–H and O–H groups in total. The molecule has 0 radical (unpaired) electrons. The number of ketones is 1. The van der Waals surface area contributed by atoms with Gasteiger partial charge in [0.25, 0.3) is 0 Å². The molecule has 1 aliphatic heterocycles. The summed E-state index contributed by atoms with van der Waals surface area (Å²) >= 11 is 0. The number of Topliss-reactive ketones (excluding diaryl/α,β-unsaturated/α-hetero) is 1. The summed E-state index contributed by atoms with van der Waals surface area (Å²) in [5.41, 5.74) is -0.666. The van der Waals surface area contributed by atoms with Crippen LogP contribution in [0.2, 0.25) is 0 Å². The summed E-state index contributed by atoms with van der Waals surface area (Å²) < 4.78 is 0. The largest absolute Gasteiger partial charge is 0.314 e. The van der Waals surface area contributed by atoms with Crippen LogP contribution in [0, 0.1) is 22.7 Å². The van der Waals surface area contributed by atoms with E-state index < -0.39 is 5.41 Å². The van der Waals surface area contributed by atoms with Gasteiger partial charge in [0.1, 0.15) is 5.41 Å². The van der Waals surface area contributed by atoms with Gasteiger partial charge in [-0.15, -0.1) is 0 Å². The fourth-order valence-electron chi connectivity index (χ4n) is 2.28. The molecule has 0 aromatic carbocycles. The maximum atomic E-state index is 11.7. The summed E-state index contributed by atoms with van der Waals surface area (Å²) in [5.74, 6) is 0.308. The van der Waals surface area contributed by atoms with Crippen molar-refractivity contribution in [2.24, 2.45) is 11.3 Å². The number of nitrogens with one attached hydrogen (secondary N) is 1. The van der Waals surface area contributed by atoms with Crippen LogP contribution in [0.1, 0.15) is 19.3 Å². The van der Waals surface area contributed by atoms with Gasteiger partial charge in [0.2, 0.25) is 0 Å². The number of rotatable bonds is 0. The number of carbonyl (C=O) groups is 1. The second kappa shape index (κ2) is 2.56. The predicted octanol–water partition coefficient (Wildman–Crippen LogP) is 0.469. The molecular formula is C9H12N2O. The molecule has 2 aliphatic rings. The highest BCUT2D eigenvalue weighted by Crippen LogP contribution is 2.37. The van der Waals surface area contributed by atoms with Gasteiger partial charge in [-0.1, -0.05) is 6.42 Å². The first-order chi connectivity index (χ1) is 5.78. The standard InChI is InChI=1S/C9H12N2O/c10-5-9-3-1-2-7(8(9)12)4-11-6-9/h7,11H,1-4,6H2/t7-,9?/m1/s1. The van der Waals surface area contributed by atoms with Crippen molar-refractivity contribution in [3.05, 3.63) is 0 Å². The van der Waals surface area contributed by atoms with E-state index in [9.17, 15) is 4.79 Å². The zero-order valence-corrected chi connectivity index (χ0v) is 6.97. The number of hydrogen-bond donors (Lipinski definition) is 1. The minimum atomic E-state index is -0.666. The molecule has 1 saturated carbocycles. The van der Waals surface area contributed by atoms with Gasteiger partial charge in [-0.05, 0) is 12.8 Å². The van der Waals surface area contributed by atoms with Crippen LogP contribution in [0.15, 0.2) is 0 Å². The summed E-state index contributed by atoms with van der Waals surface area (Å²) in [7, 11) is 0. The Labute approximate surface area is 71.8 Å². The van der Waals surface area contributed by atoms with Crippen LogP contribution >= 0.6 is 0 Å². The van der Waals surface area contributed by atoms with E-state index in [0.717, 1.165) is 25.8 Å². The van der Waals surface area contributed by atoms with Gasteiger partial charge in [-0.3, -0.25) is 4.79 Å². The first kappa shape index (κ1) is 7.75. The maximum Gasteiger partial charge on any atom is 0.158 e. The third kappa shape index (κ3) is 0.881. The van der Waals surface area contributed by atoms with Crippen LogP contribution in [0.4, 0.5) is 0 Å². The van der Waals surface area contributed by atoms with Gasteiger partial charge >= 0.3 is 0 Å². The number of nitriles is 1. The van der Waals surface area contributed by atoms with Gasteiger partial charge in [0.05, 0.1) is 6.07 Å². The Morgan fingerprint density at radius 2 is 2.50 bits per heavy atom. The van der Waals surface area contributed by atoms with Crippen LogP contribution < -0.4 is 5.32 Å². The molecule has 1 saturated heterocycles. The second-order valence-electron chi connectivity index (χ2n) is 3.78. The average molecular weight is 164 g/mol. The van der Waals surface area contributed by atoms with Crippen molar-refractivity contribution in [1.29, 1.82) is 5.26 Å². The van der Waals surface area contributed by atoms with Crippen molar-refractivity contribution in [3.8, 4) is 6.07 Å². The SMILES string of the molecule is N#CC12CCC[C@H](CNC1)C2=O. The first-order valence-electron chi connectivity index (χ1n) is 4.45. The third-order valence-electron chi connectivity index (χ3n) is 3.03. The molecule has 1 unspecified atom stereocenters. The summed E-state index contributed by atoms with van der Waals surface area (Å²) in [6.07, 6.45) is 2.76. The quantitative estimate of drug-likeness (QED) is 0.566. The van der Waals surface area contributed by atoms with Crippen molar-refractivity contribution >= 4 is 5.78 Å². The van der Waals surface area contributed by atoms with E-state index in [1.54, 1.807) is 0 Å². The van der Waals surface area contributed by atoms with E-state index in [0.29, 0.717) is 6.54 Å². The van der Waals surface area contributed by atoms with Crippen molar-refractivity contribution in [2.75, 3.05) is 13.1 Å². The predicted molar refractivity (Wildman–Crippen MR) is 43.3 cm³/mol. The third-order valence-corrected chi connectivity index (χ3v) is 3.03. The van der Waals surface area contributed by atoms with E-state index in [4.69, 9.17) is 5.26 Å². The zero-order chi connectivity index (χ0) is 8.60. The number of hydrogen-bond acceptors (Lipinski definition) is 3. The molecule has 2 bridgehead atoms. The Morgan fingerprint density at radius 3 is 3.17 bits per heavy atom. The van der Waals surface area contributed by atoms with E-state index >= 15 is 0 Å². The Bertz CT molecular complexity index is 244. The Hall–Kier alpha value is -0.880. The van der Waals surface area contributed by atoms with Gasteiger partial charge in [-0.25, -0.2) is 0 Å². The van der Waals surface area contributed by atoms with Crippen LogP contribution in [0.5, 0.6) is 0 Å². The Balaban J connectivity index is 2.31. The molecule has 2 fully saturated rings.